The number of rotatable bonds is 2. The highest BCUT2D eigenvalue weighted by molar-refractivity contribution is 5.90. The van der Waals surface area contributed by atoms with E-state index >= 15 is 0 Å². The van der Waals surface area contributed by atoms with E-state index in [1.165, 1.54) is 19.3 Å². The third-order valence-corrected chi connectivity index (χ3v) is 5.79. The second-order valence-electron chi connectivity index (χ2n) is 6.96. The predicted octanol–water partition coefficient (Wildman–Crippen LogP) is 2.57. The van der Waals surface area contributed by atoms with Crippen LogP contribution >= 0.6 is 0 Å². The Balaban J connectivity index is 1.71. The zero-order valence-electron chi connectivity index (χ0n) is 13.2. The van der Waals surface area contributed by atoms with Crippen molar-refractivity contribution in [3.05, 3.63) is 0 Å². The molecule has 1 unspecified atom stereocenters. The summed E-state index contributed by atoms with van der Waals surface area (Å²) >= 11 is 0. The minimum atomic E-state index is -0.155. The first kappa shape index (κ1) is 14.9. The van der Waals surface area contributed by atoms with Crippen LogP contribution in [0.25, 0.3) is 0 Å². The van der Waals surface area contributed by atoms with Gasteiger partial charge in [0.1, 0.15) is 6.04 Å². The van der Waals surface area contributed by atoms with Crippen molar-refractivity contribution in [2.24, 2.45) is 5.92 Å². The fraction of sp³-hybridized carbons (Fsp3) is 0.882. The van der Waals surface area contributed by atoms with E-state index in [1.807, 2.05) is 4.90 Å². The molecule has 0 radical (unpaired) electrons. The van der Waals surface area contributed by atoms with Crippen molar-refractivity contribution < 1.29 is 9.59 Å². The van der Waals surface area contributed by atoms with Gasteiger partial charge in [0, 0.05) is 25.6 Å². The van der Waals surface area contributed by atoms with E-state index in [4.69, 9.17) is 0 Å². The summed E-state index contributed by atoms with van der Waals surface area (Å²) in [6.45, 7) is 3.69. The van der Waals surface area contributed by atoms with Crippen LogP contribution in [0.4, 0.5) is 0 Å². The van der Waals surface area contributed by atoms with Crippen molar-refractivity contribution in [3.8, 4) is 0 Å². The third-order valence-electron chi connectivity index (χ3n) is 5.79. The minimum Gasteiger partial charge on any atom is -0.337 e. The smallest absolute Gasteiger partial charge is 0.245 e. The Bertz CT molecular complexity index is 402. The fourth-order valence-corrected chi connectivity index (χ4v) is 4.38. The van der Waals surface area contributed by atoms with E-state index in [9.17, 15) is 9.59 Å². The summed E-state index contributed by atoms with van der Waals surface area (Å²) in [6.07, 6.45) is 9.53. The van der Waals surface area contributed by atoms with Crippen LogP contribution in [0.2, 0.25) is 0 Å². The zero-order valence-corrected chi connectivity index (χ0v) is 13.2. The molecule has 2 saturated heterocycles. The van der Waals surface area contributed by atoms with Gasteiger partial charge in [-0.15, -0.1) is 0 Å². The van der Waals surface area contributed by atoms with Crippen molar-refractivity contribution in [2.75, 3.05) is 13.1 Å². The Hall–Kier alpha value is -1.06. The molecule has 21 heavy (non-hydrogen) atoms. The van der Waals surface area contributed by atoms with E-state index in [0.29, 0.717) is 19.0 Å². The summed E-state index contributed by atoms with van der Waals surface area (Å²) in [5, 5.41) is 0. The van der Waals surface area contributed by atoms with Crippen molar-refractivity contribution in [1.82, 2.24) is 9.80 Å². The Morgan fingerprint density at radius 3 is 2.43 bits per heavy atom. The standard InChI is InChI=1S/C17H28N2O2/c1-2-13-6-8-14(9-7-13)18-12-10-16(20)19-11-4-3-5-15(19)17(18)21/h13-15H,2-12H2,1H3. The average molecular weight is 292 g/mol. The first-order valence-electron chi connectivity index (χ1n) is 8.80. The van der Waals surface area contributed by atoms with Crippen molar-refractivity contribution >= 4 is 11.8 Å². The molecule has 0 aromatic carbocycles. The molecule has 2 amide bonds. The lowest BCUT2D eigenvalue weighted by molar-refractivity contribution is -0.144. The number of nitrogens with zero attached hydrogens (tertiary/aromatic N) is 2. The summed E-state index contributed by atoms with van der Waals surface area (Å²) in [6, 6.07) is 0.229. The number of hydrogen-bond acceptors (Lipinski definition) is 2. The number of carbonyl (C=O) groups excluding carboxylic acids is 2. The van der Waals surface area contributed by atoms with Gasteiger partial charge in [-0.25, -0.2) is 0 Å². The second kappa shape index (κ2) is 6.37. The Labute approximate surface area is 127 Å². The molecular weight excluding hydrogens is 264 g/mol. The molecule has 1 atom stereocenters. The van der Waals surface area contributed by atoms with E-state index in [0.717, 1.165) is 44.6 Å². The highest BCUT2D eigenvalue weighted by atomic mass is 16.2. The molecule has 1 aliphatic carbocycles. The van der Waals surface area contributed by atoms with Gasteiger partial charge in [-0.3, -0.25) is 9.59 Å². The summed E-state index contributed by atoms with van der Waals surface area (Å²) < 4.78 is 0. The molecular formula is C17H28N2O2. The maximum Gasteiger partial charge on any atom is 0.245 e. The minimum absolute atomic E-state index is 0.155. The molecule has 118 valence electrons. The monoisotopic (exact) mass is 292 g/mol. The highest BCUT2D eigenvalue weighted by Gasteiger charge is 2.40. The molecule has 0 spiro atoms. The molecule has 2 heterocycles. The van der Waals surface area contributed by atoms with Gasteiger partial charge in [-0.05, 0) is 50.9 Å². The molecule has 0 aromatic heterocycles. The SMILES string of the molecule is CCC1CCC(N2CCC(=O)N3CCCCC3C2=O)CC1. The van der Waals surface area contributed by atoms with Crippen LogP contribution in [0.15, 0.2) is 0 Å². The lowest BCUT2D eigenvalue weighted by Gasteiger charge is -2.39. The normalized spacial score (nSPS) is 34.6. The quantitative estimate of drug-likeness (QED) is 0.785. The van der Waals surface area contributed by atoms with Gasteiger partial charge in [-0.2, -0.15) is 0 Å². The number of hydrogen-bond donors (Lipinski definition) is 0. The van der Waals surface area contributed by atoms with Crippen LogP contribution in [-0.2, 0) is 9.59 Å². The molecule has 0 N–H and O–H groups in total. The number of fused-ring (bicyclic) bond motifs is 1. The lowest BCUT2D eigenvalue weighted by Crippen LogP contribution is -2.52. The molecule has 2 aliphatic heterocycles. The van der Waals surface area contributed by atoms with Crippen LogP contribution in [0.3, 0.4) is 0 Å². The van der Waals surface area contributed by atoms with Crippen molar-refractivity contribution in [1.29, 1.82) is 0 Å². The van der Waals surface area contributed by atoms with E-state index in [-0.39, 0.29) is 17.9 Å². The molecule has 0 aromatic rings. The van der Waals surface area contributed by atoms with E-state index < -0.39 is 0 Å². The zero-order chi connectivity index (χ0) is 14.8. The van der Waals surface area contributed by atoms with Gasteiger partial charge in [0.05, 0.1) is 0 Å². The topological polar surface area (TPSA) is 40.6 Å². The molecule has 3 fully saturated rings. The molecule has 4 nitrogen and oxygen atoms in total. The molecule has 3 aliphatic rings. The van der Waals surface area contributed by atoms with Crippen LogP contribution in [-0.4, -0.2) is 46.8 Å². The van der Waals surface area contributed by atoms with Crippen molar-refractivity contribution in [2.45, 2.75) is 76.8 Å². The first-order chi connectivity index (χ1) is 10.2. The molecule has 3 rings (SSSR count). The predicted molar refractivity (Wildman–Crippen MR) is 81.7 cm³/mol. The van der Waals surface area contributed by atoms with Crippen molar-refractivity contribution in [3.63, 3.8) is 0 Å². The van der Waals surface area contributed by atoms with Crippen LogP contribution in [0.1, 0.15) is 64.7 Å². The highest BCUT2D eigenvalue weighted by Crippen LogP contribution is 2.32. The Morgan fingerprint density at radius 1 is 0.952 bits per heavy atom. The summed E-state index contributed by atoms with van der Waals surface area (Å²) in [7, 11) is 0. The number of piperidine rings is 1. The summed E-state index contributed by atoms with van der Waals surface area (Å²) in [5.74, 6) is 1.27. The third kappa shape index (κ3) is 2.95. The van der Waals surface area contributed by atoms with Gasteiger partial charge >= 0.3 is 0 Å². The Kier molecular flexibility index (Phi) is 4.51. The molecule has 1 saturated carbocycles. The molecule has 0 bridgehead atoms. The van der Waals surface area contributed by atoms with E-state index in [1.54, 1.807) is 0 Å². The largest absolute Gasteiger partial charge is 0.337 e. The van der Waals surface area contributed by atoms with Crippen LogP contribution < -0.4 is 0 Å². The summed E-state index contributed by atoms with van der Waals surface area (Å²) in [5.41, 5.74) is 0. The first-order valence-corrected chi connectivity index (χ1v) is 8.80. The Morgan fingerprint density at radius 2 is 1.71 bits per heavy atom. The van der Waals surface area contributed by atoms with Gasteiger partial charge in [0.25, 0.3) is 0 Å². The fourth-order valence-electron chi connectivity index (χ4n) is 4.38. The maximum atomic E-state index is 12.9. The maximum absolute atomic E-state index is 12.9. The average Bonchev–Trinajstić information content (AvgIpc) is 2.66. The van der Waals surface area contributed by atoms with Gasteiger partial charge in [0.2, 0.25) is 11.8 Å². The number of amides is 2. The van der Waals surface area contributed by atoms with Crippen LogP contribution in [0.5, 0.6) is 0 Å². The van der Waals surface area contributed by atoms with Crippen LogP contribution in [0, 0.1) is 5.92 Å². The summed E-state index contributed by atoms with van der Waals surface area (Å²) in [4.78, 5) is 29.1. The molecule has 4 heteroatoms. The van der Waals surface area contributed by atoms with Gasteiger partial charge in [-0.1, -0.05) is 13.3 Å². The van der Waals surface area contributed by atoms with Gasteiger partial charge in [0.15, 0.2) is 0 Å². The second-order valence-corrected chi connectivity index (χ2v) is 6.96. The van der Waals surface area contributed by atoms with Gasteiger partial charge < -0.3 is 9.80 Å². The van der Waals surface area contributed by atoms with E-state index in [2.05, 4.69) is 11.8 Å². The number of carbonyl (C=O) groups is 2. The lowest BCUT2D eigenvalue weighted by atomic mass is 9.83.